The number of benzene rings is 3. The summed E-state index contributed by atoms with van der Waals surface area (Å²) < 4.78 is 14.3. The minimum absolute atomic E-state index is 0.424. The van der Waals surface area contributed by atoms with Gasteiger partial charge >= 0.3 is 0 Å². The summed E-state index contributed by atoms with van der Waals surface area (Å²) in [7, 11) is 0. The van der Waals surface area contributed by atoms with Crippen molar-refractivity contribution >= 4 is 31.5 Å². The lowest BCUT2D eigenvalue weighted by molar-refractivity contribution is 0.417. The smallest absolute Gasteiger partial charge is 0.224 e. The molecule has 0 spiro atoms. The summed E-state index contributed by atoms with van der Waals surface area (Å²) >= 11 is 1.79. The fraction of sp³-hybridized carbons (Fsp3) is 0. The summed E-state index contributed by atoms with van der Waals surface area (Å²) in [5.41, 5.74) is 1.95. The van der Waals surface area contributed by atoms with Gasteiger partial charge in [-0.3, -0.25) is 0 Å². The number of para-hydroxylation sites is 1. The van der Waals surface area contributed by atoms with Gasteiger partial charge in [-0.15, -0.1) is 11.3 Å². The highest BCUT2D eigenvalue weighted by atomic mass is 32.1. The van der Waals surface area contributed by atoms with Crippen molar-refractivity contribution in [1.82, 2.24) is 9.97 Å². The van der Waals surface area contributed by atoms with E-state index in [-0.39, 0.29) is 0 Å². The molecule has 6 rings (SSSR count). The molecule has 33 heavy (non-hydrogen) atoms. The monoisotopic (exact) mass is 446 g/mol. The molecule has 0 saturated heterocycles. The fourth-order valence-corrected chi connectivity index (χ4v) is 5.02. The van der Waals surface area contributed by atoms with E-state index in [2.05, 4.69) is 47.4 Å². The van der Waals surface area contributed by atoms with Gasteiger partial charge in [0.15, 0.2) is 0 Å². The first kappa shape index (κ1) is 19.5. The van der Waals surface area contributed by atoms with Gasteiger partial charge in [0, 0.05) is 43.9 Å². The van der Waals surface area contributed by atoms with Gasteiger partial charge in [0.2, 0.25) is 17.6 Å². The quantitative estimate of drug-likeness (QED) is 0.268. The molecule has 0 aliphatic rings. The Morgan fingerprint density at radius 3 is 2.06 bits per heavy atom. The molecule has 0 unspecified atom stereocenters. The lowest BCUT2D eigenvalue weighted by Crippen LogP contribution is -1.94. The first-order valence-corrected chi connectivity index (χ1v) is 11.4. The second-order valence-corrected chi connectivity index (χ2v) is 8.52. The average molecular weight is 447 g/mol. The number of rotatable bonds is 5. The van der Waals surface area contributed by atoms with Crippen molar-refractivity contribution in [1.29, 1.82) is 0 Å². The van der Waals surface area contributed by atoms with E-state index in [9.17, 15) is 0 Å². The minimum atomic E-state index is 0.424. The molecule has 3 aromatic carbocycles. The predicted molar refractivity (Wildman–Crippen MR) is 133 cm³/mol. The maximum Gasteiger partial charge on any atom is 0.224 e. The highest BCUT2D eigenvalue weighted by molar-refractivity contribution is 7.26. The fourth-order valence-electron chi connectivity index (χ4n) is 3.80. The SMILES string of the molecule is c1ccc(Oc2cccc(Oc3cccc(-c4cccc5c4sc4ccccc45)n3)n2)cc1. The molecule has 0 bridgehead atoms. The van der Waals surface area contributed by atoms with Crippen molar-refractivity contribution < 1.29 is 9.47 Å². The van der Waals surface area contributed by atoms with Gasteiger partial charge in [0.05, 0.1) is 5.69 Å². The third-order valence-corrected chi connectivity index (χ3v) is 6.50. The second-order valence-electron chi connectivity index (χ2n) is 7.47. The van der Waals surface area contributed by atoms with Gasteiger partial charge in [0.1, 0.15) is 5.75 Å². The molecule has 5 heteroatoms. The van der Waals surface area contributed by atoms with Crippen LogP contribution in [0.25, 0.3) is 31.4 Å². The Morgan fingerprint density at radius 1 is 0.515 bits per heavy atom. The van der Waals surface area contributed by atoms with E-state index >= 15 is 0 Å². The molecular weight excluding hydrogens is 428 g/mol. The largest absolute Gasteiger partial charge is 0.439 e. The van der Waals surface area contributed by atoms with Gasteiger partial charge in [-0.05, 0) is 24.3 Å². The number of aromatic nitrogens is 2. The zero-order chi connectivity index (χ0) is 22.0. The van der Waals surface area contributed by atoms with Gasteiger partial charge in [-0.1, -0.05) is 66.7 Å². The molecular formula is C28H18N2O2S. The third-order valence-electron chi connectivity index (χ3n) is 5.28. The molecule has 0 radical (unpaired) electrons. The summed E-state index contributed by atoms with van der Waals surface area (Å²) in [6.07, 6.45) is 0. The molecule has 4 nitrogen and oxygen atoms in total. The van der Waals surface area contributed by atoms with Gasteiger partial charge in [-0.25, -0.2) is 4.98 Å². The Balaban J connectivity index is 1.32. The number of thiophene rings is 1. The van der Waals surface area contributed by atoms with Crippen molar-refractivity contribution in [3.63, 3.8) is 0 Å². The van der Waals surface area contributed by atoms with Crippen molar-refractivity contribution in [2.75, 3.05) is 0 Å². The molecule has 3 heterocycles. The lowest BCUT2D eigenvalue weighted by Gasteiger charge is -2.09. The van der Waals surface area contributed by atoms with Crippen LogP contribution in [0.3, 0.4) is 0 Å². The Kier molecular flexibility index (Phi) is 4.94. The van der Waals surface area contributed by atoms with E-state index in [0.717, 1.165) is 17.0 Å². The summed E-state index contributed by atoms with van der Waals surface area (Å²) in [5.74, 6) is 2.09. The van der Waals surface area contributed by atoms with E-state index in [1.54, 1.807) is 23.5 Å². The van der Waals surface area contributed by atoms with E-state index in [1.165, 1.54) is 20.2 Å². The van der Waals surface area contributed by atoms with Crippen molar-refractivity contribution in [2.45, 2.75) is 0 Å². The number of ether oxygens (including phenoxy) is 2. The number of hydrogen-bond donors (Lipinski definition) is 0. The van der Waals surface area contributed by atoms with Crippen LogP contribution >= 0.6 is 11.3 Å². The molecule has 0 amide bonds. The number of fused-ring (bicyclic) bond motifs is 3. The Hall–Kier alpha value is -4.22. The van der Waals surface area contributed by atoms with Crippen LogP contribution < -0.4 is 9.47 Å². The number of hydrogen-bond acceptors (Lipinski definition) is 5. The minimum Gasteiger partial charge on any atom is -0.439 e. The Morgan fingerprint density at radius 2 is 1.18 bits per heavy atom. The maximum atomic E-state index is 5.99. The van der Waals surface area contributed by atoms with E-state index in [0.29, 0.717) is 17.6 Å². The van der Waals surface area contributed by atoms with E-state index in [4.69, 9.17) is 14.5 Å². The van der Waals surface area contributed by atoms with Crippen LogP contribution in [0, 0.1) is 0 Å². The zero-order valence-corrected chi connectivity index (χ0v) is 18.3. The molecule has 0 aliphatic heterocycles. The average Bonchev–Trinajstić information content (AvgIpc) is 3.24. The number of pyridine rings is 2. The summed E-state index contributed by atoms with van der Waals surface area (Å²) in [4.78, 5) is 9.24. The van der Waals surface area contributed by atoms with E-state index in [1.807, 2.05) is 54.6 Å². The van der Waals surface area contributed by atoms with Crippen LogP contribution in [0.5, 0.6) is 23.4 Å². The van der Waals surface area contributed by atoms with Crippen LogP contribution in [0.15, 0.2) is 109 Å². The van der Waals surface area contributed by atoms with Crippen molar-refractivity contribution in [2.24, 2.45) is 0 Å². The van der Waals surface area contributed by atoms with E-state index < -0.39 is 0 Å². The second kappa shape index (κ2) is 8.37. The molecule has 3 aromatic heterocycles. The molecule has 0 atom stereocenters. The van der Waals surface area contributed by atoms with Crippen molar-refractivity contribution in [3.05, 3.63) is 109 Å². The van der Waals surface area contributed by atoms with Crippen LogP contribution in [0.1, 0.15) is 0 Å². The first-order chi connectivity index (χ1) is 16.3. The lowest BCUT2D eigenvalue weighted by atomic mass is 10.1. The topological polar surface area (TPSA) is 44.2 Å². The van der Waals surface area contributed by atoms with Crippen LogP contribution in [0.2, 0.25) is 0 Å². The van der Waals surface area contributed by atoms with Crippen LogP contribution in [0.4, 0.5) is 0 Å². The summed E-state index contributed by atoms with van der Waals surface area (Å²) in [6.45, 7) is 0. The van der Waals surface area contributed by atoms with Crippen LogP contribution in [-0.2, 0) is 0 Å². The summed E-state index contributed by atoms with van der Waals surface area (Å²) in [5, 5.41) is 2.51. The normalized spacial score (nSPS) is 11.0. The predicted octanol–water partition coefficient (Wildman–Crippen LogP) is 8.10. The van der Waals surface area contributed by atoms with Gasteiger partial charge in [-0.2, -0.15) is 4.98 Å². The first-order valence-electron chi connectivity index (χ1n) is 10.6. The Labute approximate surface area is 194 Å². The standard InChI is InChI=1S/C28H18N2O2S/c1-2-9-19(10-3-1)31-26-17-8-18-27(30-26)32-25-16-7-14-23(29-25)22-13-6-12-21-20-11-4-5-15-24(20)33-28(21)22/h1-18H. The summed E-state index contributed by atoms with van der Waals surface area (Å²) in [6, 6.07) is 35.6. The van der Waals surface area contributed by atoms with Gasteiger partial charge in [0.25, 0.3) is 0 Å². The zero-order valence-electron chi connectivity index (χ0n) is 17.5. The highest BCUT2D eigenvalue weighted by Crippen LogP contribution is 2.39. The number of nitrogens with zero attached hydrogens (tertiary/aromatic N) is 2. The molecule has 6 aromatic rings. The van der Waals surface area contributed by atoms with Crippen LogP contribution in [-0.4, -0.2) is 9.97 Å². The molecule has 158 valence electrons. The maximum absolute atomic E-state index is 5.99. The highest BCUT2D eigenvalue weighted by Gasteiger charge is 2.12. The molecule has 0 aliphatic carbocycles. The molecule has 0 saturated carbocycles. The van der Waals surface area contributed by atoms with Crippen molar-refractivity contribution in [3.8, 4) is 34.6 Å². The van der Waals surface area contributed by atoms with Gasteiger partial charge < -0.3 is 9.47 Å². The molecule has 0 N–H and O–H groups in total. The Bertz CT molecular complexity index is 1580. The molecule has 0 fully saturated rings. The third kappa shape index (κ3) is 3.90.